The van der Waals surface area contributed by atoms with Crippen molar-refractivity contribution in [3.05, 3.63) is 0 Å². The standard InChI is InChI=1S/C6H13NO2/c1-3-4(2)5(7)6(8)9/h4-5H,3,7H2,1-2H3,(H,8,9)/p+1/t4-,5-/m0/s1. The van der Waals surface area contributed by atoms with Crippen molar-refractivity contribution < 1.29 is 15.6 Å². The summed E-state index contributed by atoms with van der Waals surface area (Å²) in [5, 5.41) is 8.42. The van der Waals surface area contributed by atoms with E-state index in [0.717, 1.165) is 6.42 Å². The third kappa shape index (κ3) is 2.46. The molecule has 0 unspecified atom stereocenters. The second kappa shape index (κ2) is 3.45. The van der Waals surface area contributed by atoms with Gasteiger partial charge in [0.25, 0.3) is 0 Å². The molecule has 0 aliphatic carbocycles. The SMILES string of the molecule is CC[C@H](C)[C@H]([NH3+])C(=O)O. The Labute approximate surface area is 54.9 Å². The molecule has 0 aromatic carbocycles. The highest BCUT2D eigenvalue weighted by molar-refractivity contribution is 5.71. The summed E-state index contributed by atoms with van der Waals surface area (Å²) in [6, 6.07) is -0.449. The highest BCUT2D eigenvalue weighted by Gasteiger charge is 2.21. The molecule has 3 nitrogen and oxygen atoms in total. The second-order valence-electron chi connectivity index (χ2n) is 2.33. The molecule has 0 saturated heterocycles. The summed E-state index contributed by atoms with van der Waals surface area (Å²) in [5.41, 5.74) is 3.51. The number of aliphatic carboxylic acids is 1. The Bertz CT molecular complexity index is 103. The van der Waals surface area contributed by atoms with Crippen molar-refractivity contribution in [3.8, 4) is 0 Å². The van der Waals surface area contributed by atoms with Gasteiger partial charge in [-0.05, 0) is 6.42 Å². The van der Waals surface area contributed by atoms with Gasteiger partial charge in [-0.3, -0.25) is 0 Å². The predicted molar refractivity (Wildman–Crippen MR) is 33.8 cm³/mol. The van der Waals surface area contributed by atoms with E-state index in [1.165, 1.54) is 0 Å². The Morgan fingerprint density at radius 3 is 2.33 bits per heavy atom. The van der Waals surface area contributed by atoms with Gasteiger partial charge in [-0.2, -0.15) is 0 Å². The lowest BCUT2D eigenvalue weighted by Crippen LogP contribution is -2.67. The van der Waals surface area contributed by atoms with E-state index in [1.54, 1.807) is 0 Å². The highest BCUT2D eigenvalue weighted by Crippen LogP contribution is 2.02. The maximum Gasteiger partial charge on any atom is 0.362 e. The third-order valence-electron chi connectivity index (χ3n) is 1.65. The molecule has 0 amide bonds. The molecule has 0 aliphatic heterocycles. The number of carbonyl (C=O) groups is 1. The Hall–Kier alpha value is -0.570. The van der Waals surface area contributed by atoms with Crippen LogP contribution in [-0.4, -0.2) is 17.1 Å². The van der Waals surface area contributed by atoms with Gasteiger partial charge in [-0.1, -0.05) is 13.8 Å². The van der Waals surface area contributed by atoms with Crippen molar-refractivity contribution in [1.82, 2.24) is 0 Å². The molecule has 0 aliphatic rings. The molecular formula is C6H14NO2+. The average Bonchev–Trinajstić information content (AvgIpc) is 1.84. The van der Waals surface area contributed by atoms with Crippen LogP contribution in [0.4, 0.5) is 0 Å². The van der Waals surface area contributed by atoms with Gasteiger partial charge in [0.1, 0.15) is 0 Å². The molecule has 0 bridgehead atoms. The van der Waals surface area contributed by atoms with E-state index in [0.29, 0.717) is 0 Å². The zero-order valence-corrected chi connectivity index (χ0v) is 5.92. The molecular weight excluding hydrogens is 118 g/mol. The molecule has 3 heteroatoms. The van der Waals surface area contributed by atoms with Gasteiger partial charge in [0, 0.05) is 5.92 Å². The van der Waals surface area contributed by atoms with E-state index in [2.05, 4.69) is 5.73 Å². The van der Waals surface area contributed by atoms with Gasteiger partial charge < -0.3 is 10.8 Å². The fourth-order valence-electron chi connectivity index (χ4n) is 0.528. The number of carboxylic acids is 1. The molecule has 0 saturated carbocycles. The van der Waals surface area contributed by atoms with Crippen LogP contribution in [0.2, 0.25) is 0 Å². The lowest BCUT2D eigenvalue weighted by molar-refractivity contribution is -0.419. The van der Waals surface area contributed by atoms with E-state index < -0.39 is 12.0 Å². The van der Waals surface area contributed by atoms with Crippen LogP contribution in [0.15, 0.2) is 0 Å². The van der Waals surface area contributed by atoms with Crippen molar-refractivity contribution in [2.75, 3.05) is 0 Å². The Kier molecular flexibility index (Phi) is 3.24. The number of hydrogen-bond donors (Lipinski definition) is 2. The summed E-state index contributed by atoms with van der Waals surface area (Å²) in [6.45, 7) is 3.86. The van der Waals surface area contributed by atoms with Gasteiger partial charge in [-0.25, -0.2) is 4.79 Å². The van der Waals surface area contributed by atoms with Crippen LogP contribution in [0.25, 0.3) is 0 Å². The average molecular weight is 132 g/mol. The molecule has 2 atom stereocenters. The van der Waals surface area contributed by atoms with Crippen molar-refractivity contribution in [3.63, 3.8) is 0 Å². The quantitative estimate of drug-likeness (QED) is 0.555. The fourth-order valence-corrected chi connectivity index (χ4v) is 0.528. The monoisotopic (exact) mass is 132 g/mol. The highest BCUT2D eigenvalue weighted by atomic mass is 16.4. The van der Waals surface area contributed by atoms with E-state index in [9.17, 15) is 4.79 Å². The molecule has 0 fully saturated rings. The predicted octanol–water partition coefficient (Wildman–Crippen LogP) is -0.272. The van der Waals surface area contributed by atoms with Crippen LogP contribution >= 0.6 is 0 Å². The minimum absolute atomic E-state index is 0.183. The minimum atomic E-state index is -0.802. The summed E-state index contributed by atoms with van der Waals surface area (Å²) >= 11 is 0. The first-order chi connectivity index (χ1) is 4.09. The summed E-state index contributed by atoms with van der Waals surface area (Å²) in [6.07, 6.45) is 0.875. The first-order valence-electron chi connectivity index (χ1n) is 3.15. The first kappa shape index (κ1) is 8.43. The van der Waals surface area contributed by atoms with Crippen LogP contribution in [0, 0.1) is 5.92 Å². The molecule has 54 valence electrons. The fraction of sp³-hybridized carbons (Fsp3) is 0.833. The summed E-state index contributed by atoms with van der Waals surface area (Å²) in [5.74, 6) is -0.619. The third-order valence-corrected chi connectivity index (χ3v) is 1.65. The number of rotatable bonds is 3. The van der Waals surface area contributed by atoms with Gasteiger partial charge in [0.2, 0.25) is 0 Å². The van der Waals surface area contributed by atoms with E-state index in [-0.39, 0.29) is 5.92 Å². The van der Waals surface area contributed by atoms with Crippen molar-refractivity contribution in [2.45, 2.75) is 26.3 Å². The van der Waals surface area contributed by atoms with Crippen molar-refractivity contribution in [1.29, 1.82) is 0 Å². The first-order valence-corrected chi connectivity index (χ1v) is 3.15. The maximum atomic E-state index is 10.2. The van der Waals surface area contributed by atoms with Crippen LogP contribution < -0.4 is 5.73 Å². The van der Waals surface area contributed by atoms with Crippen LogP contribution in [0.1, 0.15) is 20.3 Å². The van der Waals surface area contributed by atoms with E-state index in [4.69, 9.17) is 5.11 Å². The lowest BCUT2D eigenvalue weighted by Gasteiger charge is -2.08. The normalized spacial score (nSPS) is 16.8. The molecule has 0 aromatic rings. The minimum Gasteiger partial charge on any atom is -0.477 e. The van der Waals surface area contributed by atoms with Crippen molar-refractivity contribution >= 4 is 5.97 Å². The number of carboxylic acid groups (broad SMARTS) is 1. The molecule has 0 rings (SSSR count). The molecule has 9 heavy (non-hydrogen) atoms. The van der Waals surface area contributed by atoms with E-state index >= 15 is 0 Å². The van der Waals surface area contributed by atoms with Crippen LogP contribution in [0.3, 0.4) is 0 Å². The van der Waals surface area contributed by atoms with Gasteiger partial charge in [0.15, 0.2) is 6.04 Å². The summed E-state index contributed by atoms with van der Waals surface area (Å²) in [7, 11) is 0. The topological polar surface area (TPSA) is 64.9 Å². The zero-order chi connectivity index (χ0) is 7.44. The largest absolute Gasteiger partial charge is 0.477 e. The smallest absolute Gasteiger partial charge is 0.362 e. The maximum absolute atomic E-state index is 10.2. The lowest BCUT2D eigenvalue weighted by atomic mass is 10.0. The van der Waals surface area contributed by atoms with Gasteiger partial charge in [0.05, 0.1) is 0 Å². The van der Waals surface area contributed by atoms with E-state index in [1.807, 2.05) is 13.8 Å². The summed E-state index contributed by atoms with van der Waals surface area (Å²) in [4.78, 5) is 10.2. The number of quaternary nitrogens is 1. The molecule has 0 spiro atoms. The Balaban J connectivity index is 3.72. The molecule has 4 N–H and O–H groups in total. The number of hydrogen-bond acceptors (Lipinski definition) is 1. The van der Waals surface area contributed by atoms with Crippen LogP contribution in [-0.2, 0) is 4.79 Å². The Morgan fingerprint density at radius 1 is 1.78 bits per heavy atom. The van der Waals surface area contributed by atoms with Crippen molar-refractivity contribution in [2.24, 2.45) is 5.92 Å². The molecule has 0 heterocycles. The molecule has 0 aromatic heterocycles. The zero-order valence-electron chi connectivity index (χ0n) is 5.92. The second-order valence-corrected chi connectivity index (χ2v) is 2.33. The summed E-state index contributed by atoms with van der Waals surface area (Å²) < 4.78 is 0. The Morgan fingerprint density at radius 2 is 2.22 bits per heavy atom. The van der Waals surface area contributed by atoms with Gasteiger partial charge in [-0.15, -0.1) is 0 Å². The molecule has 0 radical (unpaired) electrons. The van der Waals surface area contributed by atoms with Crippen LogP contribution in [0.5, 0.6) is 0 Å². The van der Waals surface area contributed by atoms with Gasteiger partial charge >= 0.3 is 5.97 Å².